The number of benzene rings is 2. The minimum Gasteiger partial charge on any atom is -0.392 e. The second-order valence-electron chi connectivity index (χ2n) is 4.11. The Morgan fingerprint density at radius 3 is 2.19 bits per heavy atom. The first kappa shape index (κ1) is 16.4. The van der Waals surface area contributed by atoms with E-state index >= 15 is 0 Å². The quantitative estimate of drug-likeness (QED) is 0.861. The van der Waals surface area contributed by atoms with Gasteiger partial charge in [-0.15, -0.1) is 0 Å². The lowest BCUT2D eigenvalue weighted by Gasteiger charge is -2.12. The highest BCUT2D eigenvalue weighted by atomic mass is 35.5. The second-order valence-corrected chi connectivity index (χ2v) is 6.98. The molecule has 0 saturated heterocycles. The summed E-state index contributed by atoms with van der Waals surface area (Å²) in [5.74, 6) is 0. The lowest BCUT2D eigenvalue weighted by molar-refractivity contribution is 0.282. The van der Waals surface area contributed by atoms with Gasteiger partial charge in [-0.05, 0) is 36.4 Å². The molecule has 0 aliphatic heterocycles. The number of rotatable bonds is 4. The van der Waals surface area contributed by atoms with E-state index in [2.05, 4.69) is 4.72 Å². The van der Waals surface area contributed by atoms with Crippen molar-refractivity contribution in [2.75, 3.05) is 4.72 Å². The van der Waals surface area contributed by atoms with Crippen molar-refractivity contribution >= 4 is 50.5 Å². The number of hydrogen-bond donors (Lipinski definition) is 2. The molecule has 0 amide bonds. The van der Waals surface area contributed by atoms with Crippen LogP contribution in [0, 0.1) is 0 Å². The molecule has 0 aliphatic rings. The van der Waals surface area contributed by atoms with Crippen LogP contribution in [0.4, 0.5) is 5.69 Å². The first-order valence-electron chi connectivity index (χ1n) is 5.71. The normalized spacial score (nSPS) is 11.4. The van der Waals surface area contributed by atoms with E-state index in [1.54, 1.807) is 12.1 Å². The molecular formula is C13H10Cl3NO3S. The summed E-state index contributed by atoms with van der Waals surface area (Å²) >= 11 is 17.6. The minimum atomic E-state index is -3.90. The van der Waals surface area contributed by atoms with E-state index in [0.29, 0.717) is 10.7 Å². The molecule has 4 nitrogen and oxygen atoms in total. The molecule has 112 valence electrons. The highest BCUT2D eigenvalue weighted by molar-refractivity contribution is 7.92. The van der Waals surface area contributed by atoms with E-state index in [1.807, 2.05) is 0 Å². The summed E-state index contributed by atoms with van der Waals surface area (Å²) in [6.45, 7) is -0.456. The first-order chi connectivity index (χ1) is 9.85. The molecule has 2 aromatic carbocycles. The van der Waals surface area contributed by atoms with Crippen LogP contribution >= 0.6 is 34.8 Å². The van der Waals surface area contributed by atoms with Gasteiger partial charge in [0, 0.05) is 21.3 Å². The topological polar surface area (TPSA) is 66.4 Å². The van der Waals surface area contributed by atoms with Crippen molar-refractivity contribution in [3.63, 3.8) is 0 Å². The summed E-state index contributed by atoms with van der Waals surface area (Å²) in [4.78, 5) is -0.160. The molecule has 0 heterocycles. The predicted octanol–water partition coefficient (Wildman–Crippen LogP) is 3.94. The van der Waals surface area contributed by atoms with E-state index in [4.69, 9.17) is 34.8 Å². The van der Waals surface area contributed by atoms with Gasteiger partial charge < -0.3 is 5.11 Å². The Bertz CT molecular complexity index is 761. The van der Waals surface area contributed by atoms with E-state index in [-0.39, 0.29) is 20.5 Å². The number of aliphatic hydroxyl groups excluding tert-OH is 1. The minimum absolute atomic E-state index is 0.105. The van der Waals surface area contributed by atoms with Gasteiger partial charge in [-0.2, -0.15) is 0 Å². The van der Waals surface area contributed by atoms with Crippen molar-refractivity contribution in [1.29, 1.82) is 0 Å². The maximum Gasteiger partial charge on any atom is 0.263 e. The van der Waals surface area contributed by atoms with E-state index in [1.165, 1.54) is 24.3 Å². The third-order valence-electron chi connectivity index (χ3n) is 2.69. The molecular weight excluding hydrogens is 357 g/mol. The number of aliphatic hydroxyl groups is 1. The zero-order valence-corrected chi connectivity index (χ0v) is 13.6. The number of halogens is 3. The van der Waals surface area contributed by atoms with Gasteiger partial charge in [0.05, 0.1) is 11.6 Å². The maximum atomic E-state index is 12.3. The Morgan fingerprint density at radius 2 is 1.62 bits per heavy atom. The van der Waals surface area contributed by atoms with Gasteiger partial charge in [0.1, 0.15) is 4.90 Å². The SMILES string of the molecule is O=S(=O)(Nc1ccc(Cl)cc1)c1ccc(Cl)c(CO)c1Cl. The number of nitrogens with one attached hydrogen (secondary N) is 1. The summed E-state index contributed by atoms with van der Waals surface area (Å²) in [6.07, 6.45) is 0. The highest BCUT2D eigenvalue weighted by Gasteiger charge is 2.21. The van der Waals surface area contributed by atoms with Gasteiger partial charge in [0.2, 0.25) is 0 Å². The van der Waals surface area contributed by atoms with Crippen LogP contribution in [0.25, 0.3) is 0 Å². The van der Waals surface area contributed by atoms with Gasteiger partial charge >= 0.3 is 0 Å². The predicted molar refractivity (Wildman–Crippen MR) is 84.6 cm³/mol. The fourth-order valence-electron chi connectivity index (χ4n) is 1.66. The second kappa shape index (κ2) is 6.42. The number of anilines is 1. The molecule has 0 saturated carbocycles. The Labute approximate surface area is 137 Å². The molecule has 0 fully saturated rings. The molecule has 2 N–H and O–H groups in total. The van der Waals surface area contributed by atoms with Gasteiger partial charge in [0.25, 0.3) is 10.0 Å². The van der Waals surface area contributed by atoms with Crippen LogP contribution in [-0.4, -0.2) is 13.5 Å². The zero-order chi connectivity index (χ0) is 15.6. The lowest BCUT2D eigenvalue weighted by atomic mass is 10.2. The van der Waals surface area contributed by atoms with E-state index in [9.17, 15) is 13.5 Å². The van der Waals surface area contributed by atoms with Crippen LogP contribution in [0.5, 0.6) is 0 Å². The summed E-state index contributed by atoms with van der Waals surface area (Å²) < 4.78 is 27.0. The van der Waals surface area contributed by atoms with Crippen LogP contribution in [0.15, 0.2) is 41.3 Å². The smallest absolute Gasteiger partial charge is 0.263 e. The largest absolute Gasteiger partial charge is 0.392 e. The molecule has 8 heteroatoms. The standard InChI is InChI=1S/C13H10Cl3NO3S/c14-8-1-3-9(4-2-8)17-21(19,20)12-6-5-11(15)10(7-18)13(12)16/h1-6,17-18H,7H2. The molecule has 0 aliphatic carbocycles. The summed E-state index contributed by atoms with van der Waals surface area (Å²) in [5, 5.41) is 9.80. The molecule has 21 heavy (non-hydrogen) atoms. The van der Waals surface area contributed by atoms with Gasteiger partial charge in [-0.3, -0.25) is 4.72 Å². The van der Waals surface area contributed by atoms with Crippen molar-refractivity contribution in [3.05, 3.63) is 57.0 Å². The van der Waals surface area contributed by atoms with Crippen LogP contribution in [0.3, 0.4) is 0 Å². The number of hydrogen-bond acceptors (Lipinski definition) is 3. The Kier molecular flexibility index (Phi) is 5.01. The lowest BCUT2D eigenvalue weighted by Crippen LogP contribution is -2.14. The zero-order valence-electron chi connectivity index (χ0n) is 10.5. The third kappa shape index (κ3) is 3.62. The van der Waals surface area contributed by atoms with Crippen molar-refractivity contribution in [2.24, 2.45) is 0 Å². The van der Waals surface area contributed by atoms with Crippen molar-refractivity contribution < 1.29 is 13.5 Å². The fourth-order valence-corrected chi connectivity index (χ4v) is 3.74. The molecule has 2 rings (SSSR count). The molecule has 0 bridgehead atoms. The Morgan fingerprint density at radius 1 is 1.00 bits per heavy atom. The molecule has 0 radical (unpaired) electrons. The third-order valence-corrected chi connectivity index (χ3v) is 5.27. The van der Waals surface area contributed by atoms with Gasteiger partial charge in [-0.25, -0.2) is 8.42 Å². The Hall–Kier alpha value is -0.980. The molecule has 0 unspecified atom stereocenters. The van der Waals surface area contributed by atoms with Gasteiger partial charge in [-0.1, -0.05) is 34.8 Å². The maximum absolute atomic E-state index is 12.3. The van der Waals surface area contributed by atoms with Crippen LogP contribution in [0.1, 0.15) is 5.56 Å². The van der Waals surface area contributed by atoms with Crippen LogP contribution in [-0.2, 0) is 16.6 Å². The summed E-state index contributed by atoms with van der Waals surface area (Å²) in [6, 6.07) is 8.81. The highest BCUT2D eigenvalue weighted by Crippen LogP contribution is 2.32. The van der Waals surface area contributed by atoms with Gasteiger partial charge in [0.15, 0.2) is 0 Å². The van der Waals surface area contributed by atoms with E-state index in [0.717, 1.165) is 0 Å². The molecule has 2 aromatic rings. The Balaban J connectivity index is 2.42. The molecule has 0 atom stereocenters. The fraction of sp³-hybridized carbons (Fsp3) is 0.0769. The van der Waals surface area contributed by atoms with E-state index < -0.39 is 16.6 Å². The molecule has 0 aromatic heterocycles. The summed E-state index contributed by atoms with van der Waals surface area (Å²) in [5.41, 5.74) is 0.508. The number of sulfonamides is 1. The molecule has 0 spiro atoms. The van der Waals surface area contributed by atoms with Crippen molar-refractivity contribution in [3.8, 4) is 0 Å². The van der Waals surface area contributed by atoms with Crippen molar-refractivity contribution in [2.45, 2.75) is 11.5 Å². The van der Waals surface area contributed by atoms with Crippen LogP contribution in [0.2, 0.25) is 15.1 Å². The monoisotopic (exact) mass is 365 g/mol. The average Bonchev–Trinajstić information content (AvgIpc) is 2.41. The summed E-state index contributed by atoms with van der Waals surface area (Å²) in [7, 11) is -3.90. The average molecular weight is 367 g/mol. The first-order valence-corrected chi connectivity index (χ1v) is 8.33. The van der Waals surface area contributed by atoms with Crippen molar-refractivity contribution in [1.82, 2.24) is 0 Å². The van der Waals surface area contributed by atoms with Crippen LogP contribution < -0.4 is 4.72 Å².